The molecule has 0 atom stereocenters. The molecule has 2 heterocycles. The molecule has 5 nitrogen and oxygen atoms in total. The number of alkyl halides is 3. The first kappa shape index (κ1) is 17.5. The van der Waals surface area contributed by atoms with E-state index < -0.39 is 17.6 Å². The van der Waals surface area contributed by atoms with Gasteiger partial charge in [0.2, 0.25) is 5.88 Å². The number of nitriles is 1. The van der Waals surface area contributed by atoms with Crippen LogP contribution in [-0.4, -0.2) is 23.1 Å². The summed E-state index contributed by atoms with van der Waals surface area (Å²) in [5, 5.41) is 12.1. The molecule has 2 aromatic heterocycles. The van der Waals surface area contributed by atoms with Gasteiger partial charge in [-0.1, -0.05) is 0 Å². The molecule has 0 radical (unpaired) electrons. The van der Waals surface area contributed by atoms with Crippen LogP contribution in [0.1, 0.15) is 22.5 Å². The van der Waals surface area contributed by atoms with Gasteiger partial charge in [0.15, 0.2) is 0 Å². The van der Waals surface area contributed by atoms with E-state index in [0.717, 1.165) is 11.8 Å². The molecule has 2 rings (SSSR count). The maximum Gasteiger partial charge on any atom is 0.421 e. The van der Waals surface area contributed by atoms with Gasteiger partial charge < -0.3 is 10.1 Å². The molecular weight excluding hydrogens is 321 g/mol. The Kier molecular flexibility index (Phi) is 5.24. The number of pyridine rings is 2. The average molecular weight is 336 g/mol. The van der Waals surface area contributed by atoms with Gasteiger partial charge in [0.1, 0.15) is 18.2 Å². The predicted octanol–water partition coefficient (Wildman–Crippen LogP) is 3.47. The van der Waals surface area contributed by atoms with Crippen LogP contribution in [0.25, 0.3) is 0 Å². The summed E-state index contributed by atoms with van der Waals surface area (Å²) in [5.41, 5.74) is 1.37. The van der Waals surface area contributed by atoms with Gasteiger partial charge >= 0.3 is 6.18 Å². The number of ether oxygens (including phenoxy) is 1. The highest BCUT2D eigenvalue weighted by molar-refractivity contribution is 5.59. The van der Waals surface area contributed by atoms with Crippen molar-refractivity contribution in [3.05, 3.63) is 46.9 Å². The molecule has 0 aliphatic carbocycles. The first-order valence-electron chi connectivity index (χ1n) is 7.10. The number of nitrogens with zero attached hydrogens (tertiary/aromatic N) is 3. The molecular formula is C16H15F3N4O. The van der Waals surface area contributed by atoms with Crippen LogP contribution in [0.3, 0.4) is 0 Å². The van der Waals surface area contributed by atoms with Gasteiger partial charge in [-0.15, -0.1) is 0 Å². The minimum atomic E-state index is -4.52. The highest BCUT2D eigenvalue weighted by Crippen LogP contribution is 2.34. The normalized spacial score (nSPS) is 11.0. The van der Waals surface area contributed by atoms with Crippen molar-refractivity contribution in [2.75, 3.05) is 18.5 Å². The zero-order chi connectivity index (χ0) is 17.7. The van der Waals surface area contributed by atoms with E-state index in [1.165, 1.54) is 12.3 Å². The minimum absolute atomic E-state index is 0.0363. The summed E-state index contributed by atoms with van der Waals surface area (Å²) in [7, 11) is 0. The van der Waals surface area contributed by atoms with Crippen molar-refractivity contribution >= 4 is 5.69 Å². The topological polar surface area (TPSA) is 70.8 Å². The van der Waals surface area contributed by atoms with Crippen LogP contribution >= 0.6 is 0 Å². The monoisotopic (exact) mass is 336 g/mol. The maximum atomic E-state index is 12.8. The van der Waals surface area contributed by atoms with Crippen molar-refractivity contribution in [2.24, 2.45) is 0 Å². The summed E-state index contributed by atoms with van der Waals surface area (Å²) in [5.74, 6) is -0.464. The number of aryl methyl sites for hydroxylation is 2. The SMILES string of the molecule is Cc1cc(NCCOc2ncccc2C(F)(F)F)c(C#N)c(C)n1. The molecule has 0 amide bonds. The van der Waals surface area contributed by atoms with Crippen molar-refractivity contribution in [2.45, 2.75) is 20.0 Å². The number of aromatic nitrogens is 2. The molecule has 0 fully saturated rings. The largest absolute Gasteiger partial charge is 0.475 e. The Morgan fingerprint density at radius 2 is 2.08 bits per heavy atom. The van der Waals surface area contributed by atoms with Crippen LogP contribution in [0.4, 0.5) is 18.9 Å². The van der Waals surface area contributed by atoms with Gasteiger partial charge in [-0.25, -0.2) is 4.98 Å². The standard InChI is InChI=1S/C16H15F3N4O/c1-10-8-14(12(9-20)11(2)23-10)21-6-7-24-15-13(16(17,18)19)4-3-5-22-15/h3-5,8H,6-7H2,1-2H3,(H,21,23). The van der Waals surface area contributed by atoms with Crippen LogP contribution in [0.2, 0.25) is 0 Å². The van der Waals surface area contributed by atoms with Crippen molar-refractivity contribution in [1.82, 2.24) is 9.97 Å². The van der Waals surface area contributed by atoms with Gasteiger partial charge in [-0.3, -0.25) is 4.98 Å². The van der Waals surface area contributed by atoms with E-state index in [1.807, 2.05) is 0 Å². The van der Waals surface area contributed by atoms with Crippen LogP contribution in [0.15, 0.2) is 24.4 Å². The number of hydrogen-bond acceptors (Lipinski definition) is 5. The lowest BCUT2D eigenvalue weighted by atomic mass is 10.1. The van der Waals surface area contributed by atoms with Crippen molar-refractivity contribution in [3.63, 3.8) is 0 Å². The lowest BCUT2D eigenvalue weighted by Gasteiger charge is -2.14. The number of halogens is 3. The molecule has 0 aliphatic heterocycles. The van der Waals surface area contributed by atoms with E-state index in [4.69, 9.17) is 10.00 Å². The zero-order valence-corrected chi connectivity index (χ0v) is 13.1. The fraction of sp³-hybridized carbons (Fsp3) is 0.312. The van der Waals surface area contributed by atoms with Crippen LogP contribution < -0.4 is 10.1 Å². The molecule has 126 valence electrons. The van der Waals surface area contributed by atoms with E-state index in [1.54, 1.807) is 19.9 Å². The molecule has 0 bridgehead atoms. The van der Waals surface area contributed by atoms with Gasteiger partial charge in [-0.05, 0) is 32.0 Å². The number of rotatable bonds is 5. The lowest BCUT2D eigenvalue weighted by Crippen LogP contribution is -2.16. The Balaban J connectivity index is 2.02. The average Bonchev–Trinajstić information content (AvgIpc) is 2.50. The first-order valence-corrected chi connectivity index (χ1v) is 7.10. The third-order valence-electron chi connectivity index (χ3n) is 3.17. The Labute approximate surface area is 137 Å². The Bertz CT molecular complexity index is 769. The summed E-state index contributed by atoms with van der Waals surface area (Å²) >= 11 is 0. The molecule has 1 N–H and O–H groups in total. The van der Waals surface area contributed by atoms with Crippen molar-refractivity contribution in [3.8, 4) is 11.9 Å². The van der Waals surface area contributed by atoms with Crippen LogP contribution in [-0.2, 0) is 6.18 Å². The van der Waals surface area contributed by atoms with Crippen molar-refractivity contribution < 1.29 is 17.9 Å². The second-order valence-electron chi connectivity index (χ2n) is 5.01. The highest BCUT2D eigenvalue weighted by atomic mass is 19.4. The predicted molar refractivity (Wildman–Crippen MR) is 81.6 cm³/mol. The van der Waals surface area contributed by atoms with Gasteiger partial charge in [0, 0.05) is 18.4 Å². The van der Waals surface area contributed by atoms with E-state index in [9.17, 15) is 13.2 Å². The summed E-state index contributed by atoms with van der Waals surface area (Å²) in [6.07, 6.45) is -3.29. The van der Waals surface area contributed by atoms with Crippen LogP contribution in [0.5, 0.6) is 5.88 Å². The molecule has 24 heavy (non-hydrogen) atoms. The summed E-state index contributed by atoms with van der Waals surface area (Å²) in [6.45, 7) is 3.69. The third-order valence-corrected chi connectivity index (χ3v) is 3.17. The Hall–Kier alpha value is -2.82. The van der Waals surface area contributed by atoms with Gasteiger partial charge in [0.25, 0.3) is 0 Å². The lowest BCUT2D eigenvalue weighted by molar-refractivity contribution is -0.139. The number of nitrogens with one attached hydrogen (secondary N) is 1. The summed E-state index contributed by atoms with van der Waals surface area (Å²) in [4.78, 5) is 7.81. The fourth-order valence-corrected chi connectivity index (χ4v) is 2.16. The molecule has 8 heteroatoms. The molecule has 0 spiro atoms. The molecule has 0 saturated carbocycles. The van der Waals surface area contributed by atoms with E-state index in [0.29, 0.717) is 16.9 Å². The van der Waals surface area contributed by atoms with E-state index in [2.05, 4.69) is 21.4 Å². The van der Waals surface area contributed by atoms with Crippen molar-refractivity contribution in [1.29, 1.82) is 5.26 Å². The zero-order valence-electron chi connectivity index (χ0n) is 13.1. The summed E-state index contributed by atoms with van der Waals surface area (Å²) in [6, 6.07) is 5.87. The minimum Gasteiger partial charge on any atom is -0.475 e. The first-order chi connectivity index (χ1) is 11.3. The molecule has 0 unspecified atom stereocenters. The second kappa shape index (κ2) is 7.17. The molecule has 0 aliphatic rings. The Morgan fingerprint density at radius 3 is 2.75 bits per heavy atom. The maximum absolute atomic E-state index is 12.8. The van der Waals surface area contributed by atoms with E-state index >= 15 is 0 Å². The fourth-order valence-electron chi connectivity index (χ4n) is 2.16. The van der Waals surface area contributed by atoms with E-state index in [-0.39, 0.29) is 13.2 Å². The number of hydrogen-bond donors (Lipinski definition) is 1. The van der Waals surface area contributed by atoms with Gasteiger partial charge in [-0.2, -0.15) is 18.4 Å². The second-order valence-corrected chi connectivity index (χ2v) is 5.01. The number of anilines is 1. The molecule has 0 aromatic carbocycles. The van der Waals surface area contributed by atoms with Gasteiger partial charge in [0.05, 0.1) is 16.9 Å². The molecule has 2 aromatic rings. The quantitative estimate of drug-likeness (QED) is 0.847. The summed E-state index contributed by atoms with van der Waals surface area (Å²) < 4.78 is 43.6. The van der Waals surface area contributed by atoms with Crippen LogP contribution in [0, 0.1) is 25.2 Å². The molecule has 0 saturated heterocycles. The smallest absolute Gasteiger partial charge is 0.421 e. The Morgan fingerprint density at radius 1 is 1.33 bits per heavy atom. The highest BCUT2D eigenvalue weighted by Gasteiger charge is 2.34. The third kappa shape index (κ3) is 4.13.